The van der Waals surface area contributed by atoms with Crippen molar-refractivity contribution in [2.45, 2.75) is 31.8 Å². The average molecular weight is 394 g/mol. The van der Waals surface area contributed by atoms with Gasteiger partial charge in [0.25, 0.3) is 5.91 Å². The predicted octanol–water partition coefficient (Wildman–Crippen LogP) is 2.84. The molecule has 2 unspecified atom stereocenters. The smallest absolute Gasteiger partial charge is 0.252 e. The van der Waals surface area contributed by atoms with E-state index in [4.69, 9.17) is 4.74 Å². The molecule has 2 atom stereocenters. The Balaban J connectivity index is 1.40. The van der Waals surface area contributed by atoms with Crippen LogP contribution in [0.3, 0.4) is 0 Å². The molecule has 120 valence electrons. The van der Waals surface area contributed by atoms with E-state index in [2.05, 4.69) is 38.2 Å². The van der Waals surface area contributed by atoms with Crippen LogP contribution in [-0.2, 0) is 18.0 Å². The maximum atomic E-state index is 12.4. The summed E-state index contributed by atoms with van der Waals surface area (Å²) in [6.45, 7) is 1.23. The zero-order valence-corrected chi connectivity index (χ0v) is 14.7. The van der Waals surface area contributed by atoms with Crippen molar-refractivity contribution in [3.8, 4) is 0 Å². The third-order valence-corrected chi connectivity index (χ3v) is 5.87. The van der Waals surface area contributed by atoms with Gasteiger partial charge in [0.05, 0.1) is 29.2 Å². The molecule has 2 aromatic rings. The lowest BCUT2D eigenvalue weighted by Gasteiger charge is -2.12. The van der Waals surface area contributed by atoms with Gasteiger partial charge >= 0.3 is 0 Å². The van der Waals surface area contributed by atoms with E-state index in [1.54, 1.807) is 11.3 Å². The van der Waals surface area contributed by atoms with E-state index >= 15 is 0 Å². The van der Waals surface area contributed by atoms with Crippen LogP contribution in [-0.4, -0.2) is 12.1 Å². The fourth-order valence-corrected chi connectivity index (χ4v) is 4.40. The summed E-state index contributed by atoms with van der Waals surface area (Å²) >= 11 is 5.18. The molecule has 0 aliphatic carbocycles. The number of hydrogen-bond acceptors (Lipinski definition) is 5. The normalized spacial score (nSPS) is 23.0. The number of hydrogen-bond donors (Lipinski definition) is 3. The Bertz CT molecular complexity index is 749. The second kappa shape index (κ2) is 6.33. The van der Waals surface area contributed by atoms with Crippen molar-refractivity contribution in [1.29, 1.82) is 0 Å². The highest BCUT2D eigenvalue weighted by Gasteiger charge is 2.27. The number of carbonyl (C=O) groups is 1. The molecule has 2 aliphatic rings. The van der Waals surface area contributed by atoms with Crippen molar-refractivity contribution in [1.82, 2.24) is 16.2 Å². The minimum absolute atomic E-state index is 0.0630. The molecule has 1 aromatic heterocycles. The SMILES string of the molecule is O=C(NC1CC(c2ccc(Br)s2)NN1)c1ccc2c(c1)COC2. The number of hydrazine groups is 1. The van der Waals surface area contributed by atoms with Crippen LogP contribution >= 0.6 is 27.3 Å². The van der Waals surface area contributed by atoms with Gasteiger partial charge in [0.15, 0.2) is 0 Å². The fraction of sp³-hybridized carbons (Fsp3) is 0.312. The largest absolute Gasteiger partial charge is 0.372 e. The van der Waals surface area contributed by atoms with Crippen LogP contribution in [0.15, 0.2) is 34.1 Å². The summed E-state index contributed by atoms with van der Waals surface area (Å²) in [6, 6.07) is 10.1. The predicted molar refractivity (Wildman–Crippen MR) is 91.8 cm³/mol. The molecule has 3 N–H and O–H groups in total. The van der Waals surface area contributed by atoms with Crippen LogP contribution in [0, 0.1) is 0 Å². The molecular formula is C16H16BrN3O2S. The zero-order valence-electron chi connectivity index (χ0n) is 12.3. The van der Waals surface area contributed by atoms with Gasteiger partial charge in [-0.1, -0.05) is 6.07 Å². The summed E-state index contributed by atoms with van der Waals surface area (Å²) in [6.07, 6.45) is 0.727. The molecule has 7 heteroatoms. The summed E-state index contributed by atoms with van der Waals surface area (Å²) < 4.78 is 6.50. The zero-order chi connectivity index (χ0) is 15.8. The van der Waals surface area contributed by atoms with Crippen molar-refractivity contribution < 1.29 is 9.53 Å². The van der Waals surface area contributed by atoms with Gasteiger partial charge in [-0.2, -0.15) is 0 Å². The first-order chi connectivity index (χ1) is 11.2. The third kappa shape index (κ3) is 3.20. The number of ether oxygens (including phenoxy) is 1. The van der Waals surface area contributed by atoms with E-state index in [0.717, 1.165) is 15.8 Å². The number of thiophene rings is 1. The summed E-state index contributed by atoms with van der Waals surface area (Å²) in [4.78, 5) is 13.7. The molecule has 1 saturated heterocycles. The van der Waals surface area contributed by atoms with E-state index in [9.17, 15) is 4.79 Å². The second-order valence-corrected chi connectivity index (χ2v) is 8.22. The Hall–Kier alpha value is -1.25. The van der Waals surface area contributed by atoms with Gasteiger partial charge in [-0.15, -0.1) is 11.3 Å². The molecule has 0 spiro atoms. The standard InChI is InChI=1S/C16H16BrN3O2S/c17-14-4-3-13(23-14)12-6-15(20-19-12)18-16(21)9-1-2-10-7-22-8-11(10)5-9/h1-5,12,15,19-20H,6-8H2,(H,18,21). The molecule has 0 saturated carbocycles. The number of halogens is 1. The van der Waals surface area contributed by atoms with Gasteiger partial charge in [-0.3, -0.25) is 4.79 Å². The Labute approximate surface area is 146 Å². The molecule has 1 fully saturated rings. The number of fused-ring (bicyclic) bond motifs is 1. The second-order valence-electron chi connectivity index (χ2n) is 5.72. The maximum Gasteiger partial charge on any atom is 0.252 e. The van der Waals surface area contributed by atoms with Gasteiger partial charge in [0, 0.05) is 16.9 Å². The summed E-state index contributed by atoms with van der Waals surface area (Å²) in [5.74, 6) is -0.0630. The van der Waals surface area contributed by atoms with E-state index in [1.165, 1.54) is 10.4 Å². The topological polar surface area (TPSA) is 62.4 Å². The fourth-order valence-electron chi connectivity index (χ4n) is 2.91. The molecule has 2 aliphatic heterocycles. The number of benzene rings is 1. The van der Waals surface area contributed by atoms with Crippen LogP contribution in [0.25, 0.3) is 0 Å². The lowest BCUT2D eigenvalue weighted by atomic mass is 10.1. The van der Waals surface area contributed by atoms with Gasteiger partial charge in [-0.05, 0) is 51.3 Å². The minimum Gasteiger partial charge on any atom is -0.372 e. The number of rotatable bonds is 3. The molecule has 23 heavy (non-hydrogen) atoms. The van der Waals surface area contributed by atoms with E-state index in [0.29, 0.717) is 18.8 Å². The van der Waals surface area contributed by atoms with Gasteiger partial charge < -0.3 is 10.1 Å². The van der Waals surface area contributed by atoms with Crippen LogP contribution in [0.4, 0.5) is 0 Å². The highest BCUT2D eigenvalue weighted by molar-refractivity contribution is 9.11. The highest BCUT2D eigenvalue weighted by atomic mass is 79.9. The number of amides is 1. The van der Waals surface area contributed by atoms with Crippen LogP contribution in [0.5, 0.6) is 0 Å². The van der Waals surface area contributed by atoms with Crippen molar-refractivity contribution in [2.75, 3.05) is 0 Å². The van der Waals surface area contributed by atoms with Crippen LogP contribution < -0.4 is 16.2 Å². The van der Waals surface area contributed by atoms with Gasteiger partial charge in [0.2, 0.25) is 0 Å². The Morgan fingerprint density at radius 2 is 2.09 bits per heavy atom. The molecule has 0 bridgehead atoms. The Morgan fingerprint density at radius 1 is 1.22 bits per heavy atom. The van der Waals surface area contributed by atoms with Gasteiger partial charge in [0.1, 0.15) is 0 Å². The maximum absolute atomic E-state index is 12.4. The molecule has 3 heterocycles. The average Bonchev–Trinajstić information content (AvgIpc) is 3.26. The number of carbonyl (C=O) groups excluding carboxylic acids is 1. The van der Waals surface area contributed by atoms with E-state index < -0.39 is 0 Å². The van der Waals surface area contributed by atoms with Crippen LogP contribution in [0.2, 0.25) is 0 Å². The molecule has 1 amide bonds. The summed E-state index contributed by atoms with van der Waals surface area (Å²) in [5.41, 5.74) is 9.35. The van der Waals surface area contributed by atoms with Crippen molar-refractivity contribution >= 4 is 33.2 Å². The number of nitrogens with one attached hydrogen (secondary N) is 3. The van der Waals surface area contributed by atoms with Crippen LogP contribution in [0.1, 0.15) is 38.8 Å². The highest BCUT2D eigenvalue weighted by Crippen LogP contribution is 2.31. The quantitative estimate of drug-likeness (QED) is 0.750. The summed E-state index contributed by atoms with van der Waals surface area (Å²) in [7, 11) is 0. The minimum atomic E-state index is -0.0853. The monoisotopic (exact) mass is 393 g/mol. The van der Waals surface area contributed by atoms with Crippen molar-refractivity contribution in [3.05, 3.63) is 55.7 Å². The first-order valence-electron chi connectivity index (χ1n) is 7.46. The molecular weight excluding hydrogens is 378 g/mol. The van der Waals surface area contributed by atoms with E-state index in [1.807, 2.05) is 24.3 Å². The Kier molecular flexibility index (Phi) is 4.21. The summed E-state index contributed by atoms with van der Waals surface area (Å²) in [5, 5.41) is 3.03. The van der Waals surface area contributed by atoms with Crippen molar-refractivity contribution in [2.24, 2.45) is 0 Å². The first-order valence-corrected chi connectivity index (χ1v) is 9.07. The molecule has 1 aromatic carbocycles. The first kappa shape index (κ1) is 15.3. The lowest BCUT2D eigenvalue weighted by molar-refractivity contribution is 0.0932. The molecule has 5 nitrogen and oxygen atoms in total. The Morgan fingerprint density at radius 3 is 2.91 bits per heavy atom. The lowest BCUT2D eigenvalue weighted by Crippen LogP contribution is -2.44. The van der Waals surface area contributed by atoms with E-state index in [-0.39, 0.29) is 18.1 Å². The molecule has 0 radical (unpaired) electrons. The van der Waals surface area contributed by atoms with Crippen molar-refractivity contribution in [3.63, 3.8) is 0 Å². The van der Waals surface area contributed by atoms with Gasteiger partial charge in [-0.25, -0.2) is 10.9 Å². The molecule has 4 rings (SSSR count). The third-order valence-electron chi connectivity index (χ3n) is 4.13.